The van der Waals surface area contributed by atoms with Crippen LogP contribution in [0.25, 0.3) is 0 Å². The number of carbonyl (C=O) groups is 4. The van der Waals surface area contributed by atoms with Crippen LogP contribution in [0.15, 0.2) is 72.8 Å². The second-order valence-corrected chi connectivity index (χ2v) is 11.3. The van der Waals surface area contributed by atoms with E-state index in [0.29, 0.717) is 20.4 Å². The van der Waals surface area contributed by atoms with Crippen molar-refractivity contribution in [3.8, 4) is 5.75 Å². The van der Waals surface area contributed by atoms with Gasteiger partial charge in [-0.15, -0.1) is 0 Å². The number of urea groups is 1. The lowest BCUT2D eigenvalue weighted by Crippen LogP contribution is -2.50. The third-order valence-corrected chi connectivity index (χ3v) is 7.85. The van der Waals surface area contributed by atoms with Crippen LogP contribution in [0, 0.1) is 9.39 Å². The largest absolute Gasteiger partial charge is 0.484 e. The topological polar surface area (TPSA) is 149 Å². The maximum Gasteiger partial charge on any atom is 0.325 e. The predicted octanol–water partition coefficient (Wildman–Crippen LogP) is 3.03. The molecule has 13 heteroatoms. The number of imide groups is 1. The molecule has 0 aliphatic carbocycles. The molecule has 44 heavy (non-hydrogen) atoms. The summed E-state index contributed by atoms with van der Waals surface area (Å²) in [6.07, 6.45) is 0. The van der Waals surface area contributed by atoms with Crippen LogP contribution in [0.4, 0.5) is 14.9 Å². The molecule has 11 nitrogen and oxygen atoms in total. The molecule has 1 saturated heterocycles. The fourth-order valence-corrected chi connectivity index (χ4v) is 5.34. The van der Waals surface area contributed by atoms with Crippen molar-refractivity contribution in [2.24, 2.45) is 0 Å². The van der Waals surface area contributed by atoms with Gasteiger partial charge in [-0.2, -0.15) is 0 Å². The second kappa shape index (κ2) is 15.1. The van der Waals surface area contributed by atoms with Gasteiger partial charge in [0.05, 0.1) is 18.9 Å². The fourth-order valence-electron chi connectivity index (χ4n) is 4.88. The van der Waals surface area contributed by atoms with Crippen molar-refractivity contribution >= 4 is 52.0 Å². The first kappa shape index (κ1) is 32.8. The number of benzene rings is 3. The first-order valence-electron chi connectivity index (χ1n) is 13.8. The zero-order valence-electron chi connectivity index (χ0n) is 23.8. The highest BCUT2D eigenvalue weighted by molar-refractivity contribution is 14.1. The van der Waals surface area contributed by atoms with Gasteiger partial charge in [0.25, 0.3) is 11.8 Å². The number of carbonyl (C=O) groups excluding carboxylic acids is 4. The summed E-state index contributed by atoms with van der Waals surface area (Å²) in [6, 6.07) is 16.2. The Balaban J connectivity index is 1.53. The third-order valence-electron chi connectivity index (χ3n) is 7.17. The lowest BCUT2D eigenvalue weighted by molar-refractivity contribution is -0.134. The van der Waals surface area contributed by atoms with Crippen LogP contribution in [-0.4, -0.2) is 82.7 Å². The van der Waals surface area contributed by atoms with E-state index >= 15 is 0 Å². The summed E-state index contributed by atoms with van der Waals surface area (Å²) in [5.74, 6) is -2.78. The molecule has 0 spiro atoms. The average molecular weight is 719 g/mol. The van der Waals surface area contributed by atoms with Crippen LogP contribution < -0.4 is 15.4 Å². The van der Waals surface area contributed by atoms with Crippen LogP contribution in [0.1, 0.15) is 30.0 Å². The standard InChI is InChI=1S/C31H32FIN4O7/c1-19(20-5-3-2-4-6-20)28(29(41)34-25-12-9-22(33)17-24(25)32)37-30(42)27(35-31(37)43)21-7-10-23(11-8-21)44-18-26(40)36(13-15-38)14-16-39/h2-12,17,19,27-28,38-39H,13-16,18H2,1H3,(H,34,41)(H,35,43)/t19-,27+,28-/m0/s1. The lowest BCUT2D eigenvalue weighted by Gasteiger charge is -2.30. The minimum absolute atomic E-state index is 0.0588. The van der Waals surface area contributed by atoms with E-state index in [2.05, 4.69) is 10.6 Å². The highest BCUT2D eigenvalue weighted by Gasteiger charge is 2.47. The zero-order valence-corrected chi connectivity index (χ0v) is 25.9. The number of aliphatic hydroxyl groups excluding tert-OH is 2. The predicted molar refractivity (Wildman–Crippen MR) is 167 cm³/mol. The first-order chi connectivity index (χ1) is 21.1. The Morgan fingerprint density at radius 3 is 2.32 bits per heavy atom. The highest BCUT2D eigenvalue weighted by atomic mass is 127. The number of nitrogens with one attached hydrogen (secondary N) is 2. The van der Waals surface area contributed by atoms with Gasteiger partial charge in [0.2, 0.25) is 5.91 Å². The normalized spacial score (nSPS) is 15.8. The van der Waals surface area contributed by atoms with E-state index in [-0.39, 0.29) is 38.6 Å². The van der Waals surface area contributed by atoms with Gasteiger partial charge < -0.3 is 30.5 Å². The molecule has 1 aliphatic heterocycles. The first-order valence-corrected chi connectivity index (χ1v) is 14.9. The van der Waals surface area contributed by atoms with E-state index in [9.17, 15) is 23.6 Å². The van der Waals surface area contributed by atoms with Crippen LogP contribution in [0.3, 0.4) is 0 Å². The Labute approximate surface area is 267 Å². The average Bonchev–Trinajstić information content (AvgIpc) is 3.31. The van der Waals surface area contributed by atoms with Gasteiger partial charge in [0, 0.05) is 22.6 Å². The maximum atomic E-state index is 14.6. The Morgan fingerprint density at radius 1 is 1.05 bits per heavy atom. The molecule has 1 aliphatic rings. The SMILES string of the molecule is C[C@@H](c1ccccc1)[C@@H](C(=O)Nc1ccc(I)cc1F)N1C(=O)N[C@H](c2ccc(OCC(=O)N(CCO)CCO)cc2)C1=O. The Bertz CT molecular complexity index is 1490. The third kappa shape index (κ3) is 7.70. The van der Waals surface area contributed by atoms with Crippen molar-refractivity contribution in [3.63, 3.8) is 0 Å². The van der Waals surface area contributed by atoms with E-state index in [0.717, 1.165) is 4.90 Å². The molecule has 0 saturated carbocycles. The zero-order chi connectivity index (χ0) is 31.8. The maximum absolute atomic E-state index is 14.6. The monoisotopic (exact) mass is 718 g/mol. The molecule has 1 fully saturated rings. The van der Waals surface area contributed by atoms with Crippen LogP contribution in [-0.2, 0) is 14.4 Å². The number of halogens is 2. The molecule has 3 atom stereocenters. The van der Waals surface area contributed by atoms with Crippen molar-refractivity contribution in [2.45, 2.75) is 24.9 Å². The minimum atomic E-state index is -1.30. The molecular formula is C31H32FIN4O7. The second-order valence-electron chi connectivity index (χ2n) is 10.0. The Morgan fingerprint density at radius 2 is 1.70 bits per heavy atom. The van der Waals surface area contributed by atoms with Gasteiger partial charge in [0.1, 0.15) is 23.7 Å². The van der Waals surface area contributed by atoms with Gasteiger partial charge in [-0.3, -0.25) is 14.4 Å². The lowest BCUT2D eigenvalue weighted by atomic mass is 9.91. The van der Waals surface area contributed by atoms with Gasteiger partial charge in [-0.1, -0.05) is 49.4 Å². The summed E-state index contributed by atoms with van der Waals surface area (Å²) in [5, 5.41) is 23.4. The molecule has 232 valence electrons. The van der Waals surface area contributed by atoms with Crippen molar-refractivity contribution < 1.29 is 38.5 Å². The van der Waals surface area contributed by atoms with E-state index in [4.69, 9.17) is 14.9 Å². The van der Waals surface area contributed by atoms with Crippen molar-refractivity contribution in [2.75, 3.05) is 38.2 Å². The number of rotatable bonds is 13. The molecule has 0 radical (unpaired) electrons. The molecule has 0 unspecified atom stereocenters. The summed E-state index contributed by atoms with van der Waals surface area (Å²) in [4.78, 5) is 55.1. The number of anilines is 1. The van der Waals surface area contributed by atoms with Gasteiger partial charge in [-0.25, -0.2) is 14.1 Å². The smallest absolute Gasteiger partial charge is 0.325 e. The molecule has 5 amide bonds. The molecule has 4 rings (SSSR count). The molecule has 0 aromatic heterocycles. The van der Waals surface area contributed by atoms with Gasteiger partial charge in [0.15, 0.2) is 6.61 Å². The van der Waals surface area contributed by atoms with E-state index < -0.39 is 47.6 Å². The molecule has 1 heterocycles. The molecule has 4 N–H and O–H groups in total. The Kier molecular flexibility index (Phi) is 11.3. The van der Waals surface area contributed by atoms with E-state index in [1.54, 1.807) is 55.5 Å². The van der Waals surface area contributed by atoms with E-state index in [1.807, 2.05) is 22.6 Å². The summed E-state index contributed by atoms with van der Waals surface area (Å²) < 4.78 is 20.8. The number of amides is 5. The Hall–Kier alpha value is -4.08. The van der Waals surface area contributed by atoms with Crippen molar-refractivity contribution in [1.29, 1.82) is 0 Å². The fraction of sp³-hybridized carbons (Fsp3) is 0.290. The number of aliphatic hydroxyl groups is 2. The van der Waals surface area contributed by atoms with Gasteiger partial charge in [-0.05, 0) is 64.0 Å². The summed E-state index contributed by atoms with van der Waals surface area (Å²) in [5.41, 5.74) is 1.04. The summed E-state index contributed by atoms with van der Waals surface area (Å²) in [6.45, 7) is 0.989. The summed E-state index contributed by atoms with van der Waals surface area (Å²) in [7, 11) is 0. The molecular weight excluding hydrogens is 686 g/mol. The number of hydrogen-bond donors (Lipinski definition) is 4. The van der Waals surface area contributed by atoms with E-state index in [1.165, 1.54) is 29.2 Å². The number of hydrogen-bond acceptors (Lipinski definition) is 7. The molecule has 3 aromatic carbocycles. The quantitative estimate of drug-likeness (QED) is 0.157. The van der Waals surface area contributed by atoms with Crippen LogP contribution in [0.2, 0.25) is 0 Å². The van der Waals surface area contributed by atoms with Crippen molar-refractivity contribution in [1.82, 2.24) is 15.1 Å². The number of ether oxygens (including phenoxy) is 1. The highest BCUT2D eigenvalue weighted by Crippen LogP contribution is 2.32. The number of nitrogens with zero attached hydrogens (tertiary/aromatic N) is 2. The van der Waals surface area contributed by atoms with Crippen LogP contribution in [0.5, 0.6) is 5.75 Å². The summed E-state index contributed by atoms with van der Waals surface area (Å²) >= 11 is 1.95. The van der Waals surface area contributed by atoms with Crippen LogP contribution >= 0.6 is 22.6 Å². The molecule has 0 bridgehead atoms. The van der Waals surface area contributed by atoms with Crippen molar-refractivity contribution in [3.05, 3.63) is 93.3 Å². The minimum Gasteiger partial charge on any atom is -0.484 e. The molecule has 3 aromatic rings. The van der Waals surface area contributed by atoms with Gasteiger partial charge >= 0.3 is 6.03 Å².